The highest BCUT2D eigenvalue weighted by molar-refractivity contribution is 5.97. The highest BCUT2D eigenvalue weighted by atomic mass is 16.6. The first kappa shape index (κ1) is 21.6. The van der Waals surface area contributed by atoms with Gasteiger partial charge in [0.2, 0.25) is 0 Å². The van der Waals surface area contributed by atoms with Crippen LogP contribution in [0.1, 0.15) is 24.0 Å². The average Bonchev–Trinajstić information content (AvgIpc) is 2.78. The zero-order valence-electron chi connectivity index (χ0n) is 17.2. The minimum absolute atomic E-state index is 0.0467. The molecule has 0 unspecified atom stereocenters. The van der Waals surface area contributed by atoms with Crippen molar-refractivity contribution in [3.63, 3.8) is 0 Å². The molecule has 0 saturated heterocycles. The highest BCUT2D eigenvalue weighted by Crippen LogP contribution is 2.44. The molecule has 7 nitrogen and oxygen atoms in total. The summed E-state index contributed by atoms with van der Waals surface area (Å²) >= 11 is 0. The van der Waals surface area contributed by atoms with Crippen molar-refractivity contribution in [2.24, 2.45) is 0 Å². The van der Waals surface area contributed by atoms with Gasteiger partial charge < -0.3 is 24.3 Å². The molecule has 1 aliphatic carbocycles. The molecule has 7 heteroatoms. The van der Waals surface area contributed by atoms with Gasteiger partial charge in [0.1, 0.15) is 24.7 Å². The summed E-state index contributed by atoms with van der Waals surface area (Å²) in [6.45, 7) is 4.48. The Morgan fingerprint density at radius 1 is 1.03 bits per heavy atom. The number of fused-ring (bicyclic) bond motifs is 2. The van der Waals surface area contributed by atoms with Crippen LogP contribution in [0.25, 0.3) is 10.8 Å². The molecule has 0 bridgehead atoms. The van der Waals surface area contributed by atoms with Gasteiger partial charge in [-0.3, -0.25) is 0 Å². The van der Waals surface area contributed by atoms with Crippen molar-refractivity contribution in [1.82, 2.24) is 5.32 Å². The van der Waals surface area contributed by atoms with E-state index in [1.54, 1.807) is 7.11 Å². The largest absolute Gasteiger partial charge is 0.490 e. The molecule has 2 aromatic rings. The Hall–Kier alpha value is -3.06. The normalized spacial score (nSPS) is 12.7. The first-order valence-electron chi connectivity index (χ1n) is 10.1. The summed E-state index contributed by atoms with van der Waals surface area (Å²) in [6.07, 6.45) is 4.27. The van der Waals surface area contributed by atoms with E-state index in [0.29, 0.717) is 19.0 Å². The van der Waals surface area contributed by atoms with Gasteiger partial charge in [0.05, 0.1) is 13.2 Å². The molecule has 0 radical (unpaired) electrons. The molecule has 0 aliphatic heterocycles. The van der Waals surface area contributed by atoms with Gasteiger partial charge in [-0.15, -0.1) is 0 Å². The molecule has 160 valence electrons. The van der Waals surface area contributed by atoms with Crippen LogP contribution in [0.15, 0.2) is 36.9 Å². The van der Waals surface area contributed by atoms with E-state index < -0.39 is 12.1 Å². The van der Waals surface area contributed by atoms with Gasteiger partial charge in [0, 0.05) is 35.1 Å². The standard InChI is InChI=1S/C23H27NO6/c1-3-20(25)28-13-12-24-23(26)30-22-18-10-6-4-8-16(18)21(29-15-14-27-2)17-9-5-7-11-19(17)22/h3-4,6,8,10H,1,5,7,9,11-15H2,2H3,(H,24,26). The van der Waals surface area contributed by atoms with Crippen molar-refractivity contribution >= 4 is 22.8 Å². The Morgan fingerprint density at radius 3 is 2.37 bits per heavy atom. The predicted octanol–water partition coefficient (Wildman–Crippen LogP) is 3.56. The Morgan fingerprint density at radius 2 is 1.70 bits per heavy atom. The molecular formula is C23H27NO6. The molecule has 30 heavy (non-hydrogen) atoms. The van der Waals surface area contributed by atoms with E-state index >= 15 is 0 Å². The summed E-state index contributed by atoms with van der Waals surface area (Å²) in [5, 5.41) is 4.36. The Labute approximate surface area is 175 Å². The van der Waals surface area contributed by atoms with Gasteiger partial charge in [0.15, 0.2) is 0 Å². The van der Waals surface area contributed by atoms with Crippen LogP contribution in [0.4, 0.5) is 4.79 Å². The lowest BCUT2D eigenvalue weighted by Gasteiger charge is -2.25. The maximum Gasteiger partial charge on any atom is 0.412 e. The smallest absolute Gasteiger partial charge is 0.412 e. The number of carbonyl (C=O) groups excluding carboxylic acids is 2. The molecule has 2 aromatic carbocycles. The summed E-state index contributed by atoms with van der Waals surface area (Å²) in [5.41, 5.74) is 2.11. The Kier molecular flexibility index (Phi) is 7.68. The van der Waals surface area contributed by atoms with Crippen molar-refractivity contribution in [2.75, 3.05) is 33.5 Å². The van der Waals surface area contributed by atoms with Gasteiger partial charge in [-0.1, -0.05) is 30.8 Å². The molecule has 0 atom stereocenters. The van der Waals surface area contributed by atoms with E-state index in [9.17, 15) is 9.59 Å². The zero-order valence-corrected chi connectivity index (χ0v) is 17.2. The third-order valence-corrected chi connectivity index (χ3v) is 4.94. The van der Waals surface area contributed by atoms with E-state index in [4.69, 9.17) is 18.9 Å². The van der Waals surface area contributed by atoms with E-state index in [1.807, 2.05) is 24.3 Å². The minimum Gasteiger partial charge on any atom is -0.490 e. The second kappa shape index (κ2) is 10.6. The topological polar surface area (TPSA) is 83.1 Å². The van der Waals surface area contributed by atoms with E-state index in [1.165, 1.54) is 0 Å². The molecular weight excluding hydrogens is 386 g/mol. The van der Waals surface area contributed by atoms with Crippen LogP contribution in [0, 0.1) is 0 Å². The minimum atomic E-state index is -0.587. The lowest BCUT2D eigenvalue weighted by atomic mass is 9.87. The maximum atomic E-state index is 12.4. The molecule has 3 rings (SSSR count). The number of esters is 1. The Balaban J connectivity index is 1.85. The van der Waals surface area contributed by atoms with Crippen LogP contribution in [-0.2, 0) is 27.1 Å². The van der Waals surface area contributed by atoms with Gasteiger partial charge in [-0.05, 0) is 25.7 Å². The van der Waals surface area contributed by atoms with E-state index in [-0.39, 0.29) is 13.2 Å². The number of ether oxygens (including phenoxy) is 4. The number of carbonyl (C=O) groups is 2. The van der Waals surface area contributed by atoms with Gasteiger partial charge in [-0.25, -0.2) is 9.59 Å². The number of hydrogen-bond donors (Lipinski definition) is 1. The van der Waals surface area contributed by atoms with E-state index in [2.05, 4.69) is 11.9 Å². The second-order valence-electron chi connectivity index (χ2n) is 6.90. The van der Waals surface area contributed by atoms with Gasteiger partial charge >= 0.3 is 12.1 Å². The number of hydrogen-bond acceptors (Lipinski definition) is 6. The van der Waals surface area contributed by atoms with Crippen LogP contribution in [0.3, 0.4) is 0 Å². The van der Waals surface area contributed by atoms with Crippen molar-refractivity contribution < 1.29 is 28.5 Å². The average molecular weight is 413 g/mol. The third kappa shape index (κ3) is 5.10. The summed E-state index contributed by atoms with van der Waals surface area (Å²) in [4.78, 5) is 23.5. The first-order chi connectivity index (χ1) is 14.7. The Bertz CT molecular complexity index is 924. The van der Waals surface area contributed by atoms with Gasteiger partial charge in [-0.2, -0.15) is 0 Å². The molecule has 0 heterocycles. The molecule has 0 aromatic heterocycles. The maximum absolute atomic E-state index is 12.4. The molecule has 1 N–H and O–H groups in total. The van der Waals surface area contributed by atoms with Crippen LogP contribution < -0.4 is 14.8 Å². The fourth-order valence-electron chi connectivity index (χ4n) is 3.61. The van der Waals surface area contributed by atoms with Crippen molar-refractivity contribution in [1.29, 1.82) is 0 Å². The summed E-state index contributed by atoms with van der Waals surface area (Å²) in [5.74, 6) is 0.885. The molecule has 0 saturated carbocycles. The molecule has 0 fully saturated rings. The lowest BCUT2D eigenvalue weighted by Crippen LogP contribution is -2.31. The van der Waals surface area contributed by atoms with Crippen LogP contribution in [0.2, 0.25) is 0 Å². The molecule has 1 aliphatic rings. The summed E-state index contributed by atoms with van der Waals surface area (Å²) < 4.78 is 21.8. The summed E-state index contributed by atoms with van der Waals surface area (Å²) in [6, 6.07) is 7.77. The van der Waals surface area contributed by atoms with Crippen molar-refractivity contribution in [3.8, 4) is 11.5 Å². The predicted molar refractivity (Wildman–Crippen MR) is 113 cm³/mol. The van der Waals surface area contributed by atoms with Crippen LogP contribution in [0.5, 0.6) is 11.5 Å². The lowest BCUT2D eigenvalue weighted by molar-refractivity contribution is -0.137. The zero-order chi connectivity index (χ0) is 21.3. The van der Waals surface area contributed by atoms with Gasteiger partial charge in [0.25, 0.3) is 0 Å². The third-order valence-electron chi connectivity index (χ3n) is 4.94. The van der Waals surface area contributed by atoms with Crippen molar-refractivity contribution in [3.05, 3.63) is 48.0 Å². The van der Waals surface area contributed by atoms with Crippen LogP contribution in [-0.4, -0.2) is 45.5 Å². The quantitative estimate of drug-likeness (QED) is 0.385. The number of methoxy groups -OCH3 is 1. The van der Waals surface area contributed by atoms with Crippen LogP contribution >= 0.6 is 0 Å². The number of rotatable bonds is 9. The van der Waals surface area contributed by atoms with E-state index in [0.717, 1.165) is 59.4 Å². The molecule has 0 spiro atoms. The number of benzene rings is 2. The second-order valence-corrected chi connectivity index (χ2v) is 6.90. The summed E-state index contributed by atoms with van der Waals surface area (Å²) in [7, 11) is 1.64. The fourth-order valence-corrected chi connectivity index (χ4v) is 3.61. The highest BCUT2D eigenvalue weighted by Gasteiger charge is 2.25. The fraction of sp³-hybridized carbons (Fsp3) is 0.391. The van der Waals surface area contributed by atoms with Crippen molar-refractivity contribution in [2.45, 2.75) is 25.7 Å². The SMILES string of the molecule is C=CC(=O)OCCNC(=O)Oc1c2c(c(OCCOC)c3ccccc13)CCCC2. The first-order valence-corrected chi connectivity index (χ1v) is 10.1. The number of nitrogens with one attached hydrogen (secondary N) is 1. The molecule has 1 amide bonds. The monoisotopic (exact) mass is 413 g/mol. The number of amides is 1.